The van der Waals surface area contributed by atoms with Crippen molar-refractivity contribution < 1.29 is 27.1 Å². The second kappa shape index (κ2) is 5.98. The maximum absolute atomic E-state index is 12.7. The summed E-state index contributed by atoms with van der Waals surface area (Å²) in [5.74, 6) is 0.203. The number of ether oxygens (including phenoxy) is 1. The van der Waals surface area contributed by atoms with Gasteiger partial charge in [0.2, 0.25) is 11.8 Å². The number of amides is 1. The van der Waals surface area contributed by atoms with Gasteiger partial charge in [-0.05, 0) is 43.9 Å². The summed E-state index contributed by atoms with van der Waals surface area (Å²) in [5, 5.41) is 15.9. The molecule has 3 aliphatic carbocycles. The monoisotopic (exact) mass is 453 g/mol. The van der Waals surface area contributed by atoms with E-state index in [1.54, 1.807) is 28.9 Å². The minimum Gasteiger partial charge on any atom is -0.424 e. The Kier molecular flexibility index (Phi) is 3.67. The zero-order valence-corrected chi connectivity index (χ0v) is 16.6. The molecule has 0 spiro atoms. The molecule has 3 aromatic rings. The minimum atomic E-state index is -4.64. The topological polar surface area (TPSA) is 94.5 Å². The predicted octanol–water partition coefficient (Wildman–Crippen LogP) is 3.37. The van der Waals surface area contributed by atoms with Gasteiger partial charge < -0.3 is 9.73 Å². The molecule has 3 aliphatic rings. The molecule has 0 aromatic carbocycles. The van der Waals surface area contributed by atoms with Gasteiger partial charge >= 0.3 is 6.36 Å². The average Bonchev–Trinajstić information content (AvgIpc) is 3.22. The number of halogens is 4. The number of hydrogen-bond donors (Lipinski definition) is 1. The zero-order valence-electron chi connectivity index (χ0n) is 15.8. The zero-order chi connectivity index (χ0) is 21.6. The van der Waals surface area contributed by atoms with Crippen LogP contribution in [-0.2, 0) is 10.2 Å². The molecule has 0 unspecified atom stereocenters. The van der Waals surface area contributed by atoms with Gasteiger partial charge in [0, 0.05) is 12.1 Å². The molecule has 6 rings (SSSR count). The van der Waals surface area contributed by atoms with Gasteiger partial charge in [0.05, 0.1) is 27.6 Å². The van der Waals surface area contributed by atoms with Crippen LogP contribution in [0.2, 0.25) is 5.02 Å². The number of nitrogens with one attached hydrogen (secondary N) is 1. The number of nitrogens with zero attached hydrogens (tertiary/aromatic N) is 4. The third-order valence-corrected chi connectivity index (χ3v) is 6.70. The largest absolute Gasteiger partial charge is 0.522 e. The third kappa shape index (κ3) is 3.01. The highest BCUT2D eigenvalue weighted by Crippen LogP contribution is 2.78. The van der Waals surface area contributed by atoms with Gasteiger partial charge in [-0.1, -0.05) is 11.6 Å². The molecule has 1 amide bonds. The number of carbonyl (C=O) groups is 1. The average molecular weight is 454 g/mol. The maximum atomic E-state index is 12.7. The highest BCUT2D eigenvalue weighted by atomic mass is 35.5. The molecule has 8 nitrogen and oxygen atoms in total. The van der Waals surface area contributed by atoms with Crippen molar-refractivity contribution in [3.8, 4) is 0 Å². The van der Waals surface area contributed by atoms with E-state index in [9.17, 15) is 18.0 Å². The van der Waals surface area contributed by atoms with Crippen molar-refractivity contribution in [1.82, 2.24) is 25.1 Å². The number of hydrogen-bond acceptors (Lipinski definition) is 6. The van der Waals surface area contributed by atoms with E-state index >= 15 is 0 Å². The Bertz CT molecular complexity index is 1210. The number of pyridine rings is 1. The molecule has 0 radical (unpaired) electrons. The summed E-state index contributed by atoms with van der Waals surface area (Å²) in [6.45, 7) is 0. The van der Waals surface area contributed by atoms with Crippen molar-refractivity contribution >= 4 is 23.0 Å². The fourth-order valence-electron chi connectivity index (χ4n) is 4.45. The molecule has 3 heterocycles. The van der Waals surface area contributed by atoms with Crippen LogP contribution in [0.5, 0.6) is 0 Å². The van der Waals surface area contributed by atoms with E-state index in [-0.39, 0.29) is 35.8 Å². The van der Waals surface area contributed by atoms with Crippen molar-refractivity contribution in [2.24, 2.45) is 0 Å². The van der Waals surface area contributed by atoms with Crippen LogP contribution in [-0.4, -0.2) is 43.7 Å². The Morgan fingerprint density at radius 1 is 1.29 bits per heavy atom. The van der Waals surface area contributed by atoms with Crippen molar-refractivity contribution in [3.63, 3.8) is 0 Å². The van der Waals surface area contributed by atoms with E-state index in [1.165, 1.54) is 0 Å². The Hall–Kier alpha value is -2.66. The Morgan fingerprint density at radius 3 is 2.81 bits per heavy atom. The number of carbonyl (C=O) groups excluding carboxylic acids is 1. The molecule has 3 fully saturated rings. The summed E-state index contributed by atoms with van der Waals surface area (Å²) in [6.07, 6.45) is -2.16. The highest BCUT2D eigenvalue weighted by Gasteiger charge is 2.88. The van der Waals surface area contributed by atoms with Crippen molar-refractivity contribution in [2.75, 3.05) is 0 Å². The molecule has 3 saturated carbocycles. The molecule has 162 valence electrons. The first kappa shape index (κ1) is 19.1. The van der Waals surface area contributed by atoms with Crippen LogP contribution in [0, 0.1) is 0 Å². The summed E-state index contributed by atoms with van der Waals surface area (Å²) in [5.41, 5.74) is 0.214. The molecule has 0 bridgehead atoms. The van der Waals surface area contributed by atoms with Gasteiger partial charge in [0.15, 0.2) is 5.69 Å². The third-order valence-electron chi connectivity index (χ3n) is 6.48. The fourth-order valence-corrected chi connectivity index (χ4v) is 4.61. The van der Waals surface area contributed by atoms with Gasteiger partial charge in [-0.15, -0.1) is 23.4 Å². The van der Waals surface area contributed by atoms with E-state index < -0.39 is 18.0 Å². The van der Waals surface area contributed by atoms with E-state index in [1.807, 2.05) is 0 Å². The minimum absolute atomic E-state index is 0.188. The van der Waals surface area contributed by atoms with Crippen molar-refractivity contribution in [1.29, 1.82) is 0 Å². The smallest absolute Gasteiger partial charge is 0.424 e. The van der Waals surface area contributed by atoms with Crippen LogP contribution < -0.4 is 5.32 Å². The molecule has 12 heteroatoms. The van der Waals surface area contributed by atoms with Crippen LogP contribution >= 0.6 is 11.6 Å². The van der Waals surface area contributed by atoms with Crippen LogP contribution in [0.3, 0.4) is 0 Å². The molecular weight excluding hydrogens is 439 g/mol. The number of aromatic nitrogens is 4. The SMILES string of the molecule is O=C(NC12CC1(c1nnc(C3CC(OC(F)(F)F)C3)o1)C2)c1cc2ccc(Cl)cn2n1. The Morgan fingerprint density at radius 2 is 2.06 bits per heavy atom. The lowest BCUT2D eigenvalue weighted by Gasteiger charge is -2.32. The first-order valence-corrected chi connectivity index (χ1v) is 10.1. The highest BCUT2D eigenvalue weighted by molar-refractivity contribution is 6.30. The van der Waals surface area contributed by atoms with Gasteiger partial charge in [0.25, 0.3) is 5.91 Å². The fraction of sp³-hybridized carbons (Fsp3) is 0.474. The second-order valence-corrected chi connectivity index (χ2v) is 8.95. The predicted molar refractivity (Wildman–Crippen MR) is 98.5 cm³/mol. The van der Waals surface area contributed by atoms with E-state index in [0.29, 0.717) is 29.6 Å². The van der Waals surface area contributed by atoms with Crippen LogP contribution in [0.1, 0.15) is 53.9 Å². The molecular formula is C19H15ClF3N5O3. The van der Waals surface area contributed by atoms with E-state index in [4.69, 9.17) is 16.0 Å². The summed E-state index contributed by atoms with van der Waals surface area (Å²) in [4.78, 5) is 12.7. The second-order valence-electron chi connectivity index (χ2n) is 8.52. The van der Waals surface area contributed by atoms with Gasteiger partial charge in [-0.3, -0.25) is 9.53 Å². The maximum Gasteiger partial charge on any atom is 0.522 e. The molecule has 1 N–H and O–H groups in total. The summed E-state index contributed by atoms with van der Waals surface area (Å²) in [7, 11) is 0. The van der Waals surface area contributed by atoms with Crippen molar-refractivity contribution in [2.45, 2.75) is 55.0 Å². The normalized spacial score (nSPS) is 31.2. The van der Waals surface area contributed by atoms with E-state index in [2.05, 4.69) is 25.3 Å². The van der Waals surface area contributed by atoms with Crippen LogP contribution in [0.15, 0.2) is 28.8 Å². The number of rotatable bonds is 5. The van der Waals surface area contributed by atoms with Crippen LogP contribution in [0.4, 0.5) is 13.2 Å². The standard InChI is InChI=1S/C19H15ClF3N5O3/c20-10-1-2-11-5-13(27-28(11)6-10)14(29)24-18-7-17(18,8-18)16-26-25-15(30-16)9-3-12(4-9)31-19(21,22)23/h1-2,5-6,9,12H,3-4,7-8H2,(H,24,29). The lowest BCUT2D eigenvalue weighted by atomic mass is 9.82. The molecule has 0 aliphatic heterocycles. The van der Waals surface area contributed by atoms with Gasteiger partial charge in [-0.25, -0.2) is 4.52 Å². The number of fused-ring (bicyclic) bond motifs is 2. The summed E-state index contributed by atoms with van der Waals surface area (Å²) >= 11 is 5.95. The van der Waals surface area contributed by atoms with Crippen LogP contribution in [0.25, 0.3) is 5.52 Å². The van der Waals surface area contributed by atoms with Gasteiger partial charge in [0.1, 0.15) is 0 Å². The Labute approximate surface area is 177 Å². The first-order valence-electron chi connectivity index (χ1n) is 9.72. The molecule has 0 atom stereocenters. The summed E-state index contributed by atoms with van der Waals surface area (Å²) in [6, 6.07) is 5.17. The Balaban J connectivity index is 1.10. The summed E-state index contributed by atoms with van der Waals surface area (Å²) < 4.78 is 48.1. The quantitative estimate of drug-likeness (QED) is 0.636. The van der Waals surface area contributed by atoms with Crippen molar-refractivity contribution in [3.05, 3.63) is 46.9 Å². The lowest BCUT2D eigenvalue weighted by Crippen LogP contribution is -2.34. The van der Waals surface area contributed by atoms with Gasteiger partial charge in [-0.2, -0.15) is 5.10 Å². The van der Waals surface area contributed by atoms with E-state index in [0.717, 1.165) is 5.52 Å². The first-order chi connectivity index (χ1) is 14.7. The molecule has 3 aromatic heterocycles. The number of alkyl halides is 3. The molecule has 0 saturated heterocycles. The molecule has 31 heavy (non-hydrogen) atoms. The lowest BCUT2D eigenvalue weighted by molar-refractivity contribution is -0.352.